The van der Waals surface area contributed by atoms with Gasteiger partial charge in [-0.05, 0) is 30.7 Å². The molecule has 0 aliphatic heterocycles. The second-order valence-electron chi connectivity index (χ2n) is 7.92. The number of unbranched alkanes of at least 4 members (excludes halogenated alkanes) is 13. The van der Waals surface area contributed by atoms with Crippen LogP contribution in [0.3, 0.4) is 0 Å². The maximum Gasteiger partial charge on any atom is 0.437 e. The molecule has 1 aromatic carbocycles. The first-order valence-corrected chi connectivity index (χ1v) is 11.5. The van der Waals surface area contributed by atoms with E-state index in [1.165, 1.54) is 101 Å². The first-order chi connectivity index (χ1) is 14.5. The van der Waals surface area contributed by atoms with Gasteiger partial charge in [0, 0.05) is 5.56 Å². The van der Waals surface area contributed by atoms with Crippen LogP contribution in [0.5, 0.6) is 5.75 Å². The molecule has 0 aromatic heterocycles. The molecule has 0 heterocycles. The van der Waals surface area contributed by atoms with E-state index in [1.807, 2.05) is 0 Å². The molecule has 6 heteroatoms. The first-order valence-electron chi connectivity index (χ1n) is 11.5. The minimum Gasteiger partial charge on any atom is -0.494 e. The van der Waals surface area contributed by atoms with Crippen molar-refractivity contribution in [3.8, 4) is 5.75 Å². The van der Waals surface area contributed by atoms with E-state index in [9.17, 15) is 13.2 Å². The Labute approximate surface area is 179 Å². The Balaban J connectivity index is 2.00. The zero-order chi connectivity index (χ0) is 22.1. The van der Waals surface area contributed by atoms with Gasteiger partial charge >= 0.3 is 6.18 Å². The third-order valence-electron chi connectivity index (χ3n) is 5.26. The van der Waals surface area contributed by atoms with Gasteiger partial charge in [-0.3, -0.25) is 0 Å². The van der Waals surface area contributed by atoms with Crippen LogP contribution in [0.25, 0.3) is 0 Å². The van der Waals surface area contributed by atoms with Crippen molar-refractivity contribution in [3.63, 3.8) is 0 Å². The van der Waals surface area contributed by atoms with E-state index in [4.69, 9.17) is 9.94 Å². The lowest BCUT2D eigenvalue weighted by atomic mass is 10.0. The van der Waals surface area contributed by atoms with Crippen molar-refractivity contribution < 1.29 is 23.1 Å². The predicted octanol–water partition coefficient (Wildman–Crippen LogP) is 8.29. The first kappa shape index (κ1) is 26.3. The van der Waals surface area contributed by atoms with Gasteiger partial charge in [0.15, 0.2) is 5.71 Å². The van der Waals surface area contributed by atoms with Crippen molar-refractivity contribution in [1.82, 2.24) is 0 Å². The summed E-state index contributed by atoms with van der Waals surface area (Å²) in [5.41, 5.74) is -1.49. The fourth-order valence-corrected chi connectivity index (χ4v) is 3.47. The highest BCUT2D eigenvalue weighted by molar-refractivity contribution is 6.04. The van der Waals surface area contributed by atoms with Crippen LogP contribution in [-0.2, 0) is 0 Å². The Kier molecular flexibility index (Phi) is 14.1. The van der Waals surface area contributed by atoms with Crippen LogP contribution in [0.2, 0.25) is 0 Å². The molecule has 0 bridgehead atoms. The number of nitrogens with zero attached hydrogens (tertiary/aromatic N) is 1. The van der Waals surface area contributed by atoms with E-state index in [0.717, 1.165) is 12.8 Å². The van der Waals surface area contributed by atoms with Gasteiger partial charge in [-0.25, -0.2) is 0 Å². The van der Waals surface area contributed by atoms with Crippen molar-refractivity contribution >= 4 is 5.71 Å². The van der Waals surface area contributed by atoms with Gasteiger partial charge in [0.25, 0.3) is 0 Å². The molecule has 0 aliphatic carbocycles. The summed E-state index contributed by atoms with van der Waals surface area (Å²) in [5, 5.41) is 10.9. The van der Waals surface area contributed by atoms with Crippen LogP contribution in [-0.4, -0.2) is 23.7 Å². The van der Waals surface area contributed by atoms with Crippen LogP contribution in [0.4, 0.5) is 13.2 Å². The number of hydrogen-bond acceptors (Lipinski definition) is 3. The Hall–Kier alpha value is -1.72. The molecule has 0 saturated heterocycles. The van der Waals surface area contributed by atoms with E-state index >= 15 is 0 Å². The van der Waals surface area contributed by atoms with Crippen molar-refractivity contribution in [2.75, 3.05) is 6.61 Å². The van der Waals surface area contributed by atoms with Gasteiger partial charge in [0.05, 0.1) is 6.61 Å². The standard InChI is InChI=1S/C24H38F3NO2/c1-2-3-4-5-6-7-8-9-10-11-12-13-14-15-20-30-22-18-16-21(17-19-22)23(28-29)24(25,26)27/h16-19,29H,2-15,20H2,1H3/b28-23-. The zero-order valence-electron chi connectivity index (χ0n) is 18.4. The highest BCUT2D eigenvalue weighted by Crippen LogP contribution is 2.24. The van der Waals surface area contributed by atoms with Crippen LogP contribution in [0.15, 0.2) is 29.4 Å². The third-order valence-corrected chi connectivity index (χ3v) is 5.26. The molecule has 0 atom stereocenters. The summed E-state index contributed by atoms with van der Waals surface area (Å²) in [6, 6.07) is 5.44. The van der Waals surface area contributed by atoms with Gasteiger partial charge in [-0.1, -0.05) is 95.6 Å². The number of oxime groups is 1. The second-order valence-corrected chi connectivity index (χ2v) is 7.92. The van der Waals surface area contributed by atoms with Gasteiger partial charge in [-0.15, -0.1) is 0 Å². The van der Waals surface area contributed by atoms with Crippen molar-refractivity contribution in [1.29, 1.82) is 0 Å². The summed E-state index contributed by atoms with van der Waals surface area (Å²) in [5.74, 6) is 0.521. The summed E-state index contributed by atoms with van der Waals surface area (Å²) < 4.78 is 43.7. The van der Waals surface area contributed by atoms with E-state index in [2.05, 4.69) is 12.1 Å². The lowest BCUT2D eigenvalue weighted by Gasteiger charge is -2.10. The summed E-state index contributed by atoms with van der Waals surface area (Å²) in [6.45, 7) is 2.80. The fourth-order valence-electron chi connectivity index (χ4n) is 3.47. The number of alkyl halides is 3. The fraction of sp³-hybridized carbons (Fsp3) is 0.708. The maximum atomic E-state index is 12.7. The van der Waals surface area contributed by atoms with Crippen LogP contribution >= 0.6 is 0 Å². The molecule has 1 rings (SSSR count). The topological polar surface area (TPSA) is 41.8 Å². The Morgan fingerprint density at radius 2 is 1.20 bits per heavy atom. The molecule has 0 amide bonds. The quantitative estimate of drug-likeness (QED) is 0.117. The monoisotopic (exact) mass is 429 g/mol. The van der Waals surface area contributed by atoms with E-state index < -0.39 is 11.9 Å². The summed E-state index contributed by atoms with van der Waals surface area (Å²) in [7, 11) is 0. The highest BCUT2D eigenvalue weighted by atomic mass is 19.4. The van der Waals surface area contributed by atoms with Crippen molar-refractivity contribution in [2.24, 2.45) is 5.16 Å². The van der Waals surface area contributed by atoms with Crippen LogP contribution in [0, 0.1) is 0 Å². The van der Waals surface area contributed by atoms with Crippen molar-refractivity contribution in [2.45, 2.75) is 103 Å². The van der Waals surface area contributed by atoms with Crippen molar-refractivity contribution in [3.05, 3.63) is 29.8 Å². The van der Waals surface area contributed by atoms with Gasteiger partial charge in [-0.2, -0.15) is 13.2 Å². The average Bonchev–Trinajstić information content (AvgIpc) is 2.71. The summed E-state index contributed by atoms with van der Waals surface area (Å²) >= 11 is 0. The number of benzene rings is 1. The molecule has 0 spiro atoms. The van der Waals surface area contributed by atoms with Crippen LogP contribution in [0.1, 0.15) is 102 Å². The molecular weight excluding hydrogens is 391 g/mol. The zero-order valence-corrected chi connectivity index (χ0v) is 18.4. The molecule has 0 radical (unpaired) electrons. The number of ether oxygens (including phenoxy) is 1. The average molecular weight is 430 g/mol. The lowest BCUT2D eigenvalue weighted by Crippen LogP contribution is -2.23. The van der Waals surface area contributed by atoms with Gasteiger partial charge in [0.1, 0.15) is 5.75 Å². The molecule has 3 nitrogen and oxygen atoms in total. The minimum atomic E-state index is -4.69. The number of halogens is 3. The Morgan fingerprint density at radius 1 is 0.767 bits per heavy atom. The van der Waals surface area contributed by atoms with Gasteiger partial charge in [0.2, 0.25) is 0 Å². The molecule has 30 heavy (non-hydrogen) atoms. The molecule has 0 unspecified atom stereocenters. The minimum absolute atomic E-state index is 0.186. The summed E-state index contributed by atoms with van der Waals surface area (Å²) in [6.07, 6.45) is 13.4. The molecule has 0 aliphatic rings. The predicted molar refractivity (Wildman–Crippen MR) is 117 cm³/mol. The summed E-state index contributed by atoms with van der Waals surface area (Å²) in [4.78, 5) is 0. The largest absolute Gasteiger partial charge is 0.494 e. The molecule has 0 fully saturated rings. The number of rotatable bonds is 17. The molecule has 1 N–H and O–H groups in total. The molecular formula is C24H38F3NO2. The maximum absolute atomic E-state index is 12.7. The Bertz CT molecular complexity index is 571. The van der Waals surface area contributed by atoms with E-state index in [-0.39, 0.29) is 5.56 Å². The van der Waals surface area contributed by atoms with E-state index in [0.29, 0.717) is 12.4 Å². The molecule has 1 aromatic rings. The molecule has 172 valence electrons. The molecule has 0 saturated carbocycles. The highest BCUT2D eigenvalue weighted by Gasteiger charge is 2.37. The second kappa shape index (κ2) is 16.0. The number of hydrogen-bond donors (Lipinski definition) is 1. The van der Waals surface area contributed by atoms with Crippen LogP contribution < -0.4 is 4.74 Å². The van der Waals surface area contributed by atoms with E-state index in [1.54, 1.807) is 0 Å². The normalized spacial score (nSPS) is 12.3. The SMILES string of the molecule is CCCCCCCCCCCCCCCCOc1ccc(/C(=N/O)C(F)(F)F)cc1. The third kappa shape index (κ3) is 12.1. The van der Waals surface area contributed by atoms with Gasteiger partial charge < -0.3 is 9.94 Å². The Morgan fingerprint density at radius 3 is 1.60 bits per heavy atom. The lowest BCUT2D eigenvalue weighted by molar-refractivity contribution is -0.0601. The smallest absolute Gasteiger partial charge is 0.437 e.